The van der Waals surface area contributed by atoms with Crippen LogP contribution in [0, 0.1) is 16.0 Å². The van der Waals surface area contributed by atoms with E-state index in [2.05, 4.69) is 10.6 Å². The van der Waals surface area contributed by atoms with E-state index in [0.29, 0.717) is 31.6 Å². The third-order valence-electron chi connectivity index (χ3n) is 4.16. The lowest BCUT2D eigenvalue weighted by Gasteiger charge is -2.32. The van der Waals surface area contributed by atoms with Gasteiger partial charge in [0.05, 0.1) is 11.5 Å². The first-order valence-electron chi connectivity index (χ1n) is 8.44. The molecule has 0 unspecified atom stereocenters. The maximum atomic E-state index is 12.2. The Bertz CT molecular complexity index is 639. The van der Waals surface area contributed by atoms with Crippen LogP contribution in [0.4, 0.5) is 11.4 Å². The van der Waals surface area contributed by atoms with E-state index >= 15 is 0 Å². The third kappa shape index (κ3) is 5.17. The van der Waals surface area contributed by atoms with Gasteiger partial charge in [-0.2, -0.15) is 0 Å². The number of nitrogens with one attached hydrogen (secondary N) is 2. The molecule has 1 saturated heterocycles. The number of amides is 2. The van der Waals surface area contributed by atoms with Crippen LogP contribution in [0.15, 0.2) is 24.3 Å². The van der Waals surface area contributed by atoms with Gasteiger partial charge in [0.1, 0.15) is 5.69 Å². The van der Waals surface area contributed by atoms with Gasteiger partial charge < -0.3 is 15.5 Å². The van der Waals surface area contributed by atoms with Crippen molar-refractivity contribution >= 4 is 23.2 Å². The Labute approximate surface area is 146 Å². The summed E-state index contributed by atoms with van der Waals surface area (Å²) in [5.74, 6) is -0.521. The highest BCUT2D eigenvalue weighted by Crippen LogP contribution is 2.31. The fourth-order valence-electron chi connectivity index (χ4n) is 2.95. The molecule has 1 aromatic carbocycles. The maximum Gasteiger partial charge on any atom is 0.292 e. The van der Waals surface area contributed by atoms with Gasteiger partial charge in [-0.15, -0.1) is 0 Å². The first-order valence-corrected chi connectivity index (χ1v) is 8.44. The Hall–Kier alpha value is -2.64. The van der Waals surface area contributed by atoms with Crippen LogP contribution >= 0.6 is 0 Å². The number of carbonyl (C=O) groups excluding carboxylic acids is 2. The number of hydrogen-bond acceptors (Lipinski definition) is 5. The molecule has 8 nitrogen and oxygen atoms in total. The van der Waals surface area contributed by atoms with Crippen LogP contribution in [0.5, 0.6) is 0 Å². The fraction of sp³-hybridized carbons (Fsp3) is 0.529. The molecule has 8 heteroatoms. The standard InChI is InChI=1S/C17H24N4O4/c1-12(2)19-16(22)11-18-17(23)13-7-9-20(10-8-13)14-5-3-4-6-15(14)21(24)25/h3-6,12-13H,7-11H2,1-2H3,(H,18,23)(H,19,22). The van der Waals surface area contributed by atoms with Crippen molar-refractivity contribution in [2.45, 2.75) is 32.7 Å². The molecule has 136 valence electrons. The molecule has 0 atom stereocenters. The van der Waals surface area contributed by atoms with E-state index in [1.165, 1.54) is 6.07 Å². The van der Waals surface area contributed by atoms with Crippen LogP contribution in [-0.2, 0) is 9.59 Å². The molecule has 2 rings (SSSR count). The predicted molar refractivity (Wildman–Crippen MR) is 94.3 cm³/mol. The number of nitrogens with zero attached hydrogens (tertiary/aromatic N) is 2. The van der Waals surface area contributed by atoms with Crippen molar-refractivity contribution in [3.63, 3.8) is 0 Å². The summed E-state index contributed by atoms with van der Waals surface area (Å²) in [5.41, 5.74) is 0.665. The van der Waals surface area contributed by atoms with Crippen molar-refractivity contribution in [3.8, 4) is 0 Å². The molecule has 1 heterocycles. The summed E-state index contributed by atoms with van der Waals surface area (Å²) in [5, 5.41) is 16.5. The summed E-state index contributed by atoms with van der Waals surface area (Å²) in [6, 6.07) is 6.67. The summed E-state index contributed by atoms with van der Waals surface area (Å²) in [7, 11) is 0. The Morgan fingerprint density at radius 1 is 1.28 bits per heavy atom. The number of nitro benzene ring substituents is 1. The topological polar surface area (TPSA) is 105 Å². The number of carbonyl (C=O) groups is 2. The highest BCUT2D eigenvalue weighted by Gasteiger charge is 2.28. The molecule has 1 aromatic rings. The van der Waals surface area contributed by atoms with Crippen molar-refractivity contribution in [2.75, 3.05) is 24.5 Å². The average Bonchev–Trinajstić information content (AvgIpc) is 2.59. The van der Waals surface area contributed by atoms with Crippen molar-refractivity contribution in [2.24, 2.45) is 5.92 Å². The number of para-hydroxylation sites is 2. The Morgan fingerprint density at radius 3 is 2.52 bits per heavy atom. The van der Waals surface area contributed by atoms with Crippen LogP contribution < -0.4 is 15.5 Å². The minimum atomic E-state index is -0.387. The van der Waals surface area contributed by atoms with Gasteiger partial charge in [-0.3, -0.25) is 19.7 Å². The molecule has 0 spiro atoms. The third-order valence-corrected chi connectivity index (χ3v) is 4.16. The van der Waals surface area contributed by atoms with Crippen molar-refractivity contribution < 1.29 is 14.5 Å². The van der Waals surface area contributed by atoms with Gasteiger partial charge in [-0.1, -0.05) is 12.1 Å². The summed E-state index contributed by atoms with van der Waals surface area (Å²) >= 11 is 0. The second-order valence-corrected chi connectivity index (χ2v) is 6.45. The number of piperidine rings is 1. The SMILES string of the molecule is CC(C)NC(=O)CNC(=O)C1CCN(c2ccccc2[N+](=O)[O-])CC1. The Morgan fingerprint density at radius 2 is 1.92 bits per heavy atom. The molecule has 1 aliphatic rings. The molecular weight excluding hydrogens is 324 g/mol. The monoisotopic (exact) mass is 348 g/mol. The van der Waals surface area contributed by atoms with Crippen molar-refractivity contribution in [3.05, 3.63) is 34.4 Å². The zero-order valence-electron chi connectivity index (χ0n) is 14.5. The second kappa shape index (κ2) is 8.46. The van der Waals surface area contributed by atoms with Gasteiger partial charge in [0.2, 0.25) is 11.8 Å². The van der Waals surface area contributed by atoms with Crippen LogP contribution in [0.3, 0.4) is 0 Å². The van der Waals surface area contributed by atoms with Gasteiger partial charge in [0.15, 0.2) is 0 Å². The van der Waals surface area contributed by atoms with Gasteiger partial charge >= 0.3 is 0 Å². The Kier molecular flexibility index (Phi) is 6.32. The molecule has 0 saturated carbocycles. The minimum absolute atomic E-state index is 0.0264. The molecule has 1 aliphatic heterocycles. The quantitative estimate of drug-likeness (QED) is 0.598. The number of hydrogen-bond donors (Lipinski definition) is 2. The molecule has 1 fully saturated rings. The van der Waals surface area contributed by atoms with Gasteiger partial charge in [0.25, 0.3) is 5.69 Å². The lowest BCUT2D eigenvalue weighted by Crippen LogP contribution is -2.44. The van der Waals surface area contributed by atoms with E-state index in [1.54, 1.807) is 18.2 Å². The van der Waals surface area contributed by atoms with Crippen LogP contribution in [0.25, 0.3) is 0 Å². The molecule has 2 N–H and O–H groups in total. The number of rotatable bonds is 6. The first kappa shape index (κ1) is 18.7. The van der Waals surface area contributed by atoms with E-state index in [4.69, 9.17) is 0 Å². The highest BCUT2D eigenvalue weighted by molar-refractivity contribution is 5.86. The molecular formula is C17H24N4O4. The molecule has 0 radical (unpaired) electrons. The lowest BCUT2D eigenvalue weighted by atomic mass is 9.95. The number of anilines is 1. The summed E-state index contributed by atoms with van der Waals surface area (Å²) in [4.78, 5) is 36.5. The maximum absolute atomic E-state index is 12.2. The van der Waals surface area contributed by atoms with Gasteiger partial charge in [-0.05, 0) is 32.8 Å². The minimum Gasteiger partial charge on any atom is -0.366 e. The van der Waals surface area contributed by atoms with Crippen molar-refractivity contribution in [1.29, 1.82) is 0 Å². The van der Waals surface area contributed by atoms with Crippen LogP contribution in [0.1, 0.15) is 26.7 Å². The van der Waals surface area contributed by atoms with E-state index in [-0.39, 0.29) is 40.9 Å². The summed E-state index contributed by atoms with van der Waals surface area (Å²) in [6.45, 7) is 4.83. The lowest BCUT2D eigenvalue weighted by molar-refractivity contribution is -0.384. The molecule has 0 aliphatic carbocycles. The molecule has 0 aromatic heterocycles. The second-order valence-electron chi connectivity index (χ2n) is 6.45. The zero-order valence-corrected chi connectivity index (χ0v) is 14.5. The van der Waals surface area contributed by atoms with E-state index in [0.717, 1.165) is 0 Å². The summed E-state index contributed by atoms with van der Waals surface area (Å²) in [6.07, 6.45) is 1.20. The number of benzene rings is 1. The highest BCUT2D eigenvalue weighted by atomic mass is 16.6. The number of nitro groups is 1. The van der Waals surface area contributed by atoms with E-state index < -0.39 is 0 Å². The van der Waals surface area contributed by atoms with Crippen LogP contribution in [0.2, 0.25) is 0 Å². The van der Waals surface area contributed by atoms with Crippen molar-refractivity contribution in [1.82, 2.24) is 10.6 Å². The normalized spacial score (nSPS) is 15.1. The average molecular weight is 348 g/mol. The molecule has 2 amide bonds. The summed E-state index contributed by atoms with van der Waals surface area (Å²) < 4.78 is 0. The van der Waals surface area contributed by atoms with Crippen LogP contribution in [-0.4, -0.2) is 42.4 Å². The first-order chi connectivity index (χ1) is 11.9. The predicted octanol–water partition coefficient (Wildman–Crippen LogP) is 1.45. The molecule has 25 heavy (non-hydrogen) atoms. The van der Waals surface area contributed by atoms with E-state index in [1.807, 2.05) is 18.7 Å². The zero-order chi connectivity index (χ0) is 18.4. The van der Waals surface area contributed by atoms with E-state index in [9.17, 15) is 19.7 Å². The fourth-order valence-corrected chi connectivity index (χ4v) is 2.95. The largest absolute Gasteiger partial charge is 0.366 e. The Balaban J connectivity index is 1.86. The smallest absolute Gasteiger partial charge is 0.292 e. The van der Waals surface area contributed by atoms with Gasteiger partial charge in [0, 0.05) is 31.1 Å². The molecule has 0 bridgehead atoms. The van der Waals surface area contributed by atoms with Gasteiger partial charge in [-0.25, -0.2) is 0 Å².